The average Bonchev–Trinajstić information content (AvgIpc) is 2.73. The highest BCUT2D eigenvalue weighted by Gasteiger charge is 2.12. The smallest absolute Gasteiger partial charge is 0.220 e. The fourth-order valence-corrected chi connectivity index (χ4v) is 2.46. The Morgan fingerprint density at radius 2 is 2.17 bits per heavy atom. The number of thiophene rings is 1. The Hall–Kier alpha value is -0.910. The van der Waals surface area contributed by atoms with Crippen molar-refractivity contribution in [3.05, 3.63) is 21.3 Å². The first-order valence-electron chi connectivity index (χ1n) is 5.59. The average molecular weight is 290 g/mol. The molecule has 100 valence electrons. The zero-order valence-corrected chi connectivity index (χ0v) is 11.9. The van der Waals surface area contributed by atoms with Gasteiger partial charge in [-0.25, -0.2) is 0 Å². The van der Waals surface area contributed by atoms with E-state index >= 15 is 0 Å². The van der Waals surface area contributed by atoms with Gasteiger partial charge in [0.25, 0.3) is 0 Å². The lowest BCUT2D eigenvalue weighted by atomic mass is 10.2. The van der Waals surface area contributed by atoms with Crippen LogP contribution in [0.1, 0.15) is 29.4 Å². The van der Waals surface area contributed by atoms with E-state index in [2.05, 4.69) is 5.32 Å². The predicted molar refractivity (Wildman–Crippen MR) is 72.4 cm³/mol. The molecule has 0 fully saturated rings. The van der Waals surface area contributed by atoms with Crippen molar-refractivity contribution in [3.63, 3.8) is 0 Å². The van der Waals surface area contributed by atoms with E-state index in [9.17, 15) is 9.59 Å². The van der Waals surface area contributed by atoms with E-state index in [1.165, 1.54) is 11.3 Å². The van der Waals surface area contributed by atoms with E-state index < -0.39 is 0 Å². The Labute approximate surface area is 115 Å². The van der Waals surface area contributed by atoms with Crippen LogP contribution in [0.15, 0.2) is 12.1 Å². The Bertz CT molecular complexity index is 419. The minimum atomic E-state index is -0.143. The molecule has 0 spiro atoms. The van der Waals surface area contributed by atoms with Crippen molar-refractivity contribution in [1.82, 2.24) is 5.32 Å². The lowest BCUT2D eigenvalue weighted by molar-refractivity contribution is -0.122. The number of rotatable bonds is 7. The van der Waals surface area contributed by atoms with Gasteiger partial charge in [0.2, 0.25) is 5.91 Å². The summed E-state index contributed by atoms with van der Waals surface area (Å²) < 4.78 is 5.49. The van der Waals surface area contributed by atoms with Crippen LogP contribution in [0.2, 0.25) is 4.34 Å². The zero-order chi connectivity index (χ0) is 13.5. The molecule has 1 unspecified atom stereocenters. The van der Waals surface area contributed by atoms with Crippen molar-refractivity contribution in [1.29, 1.82) is 0 Å². The normalized spacial score (nSPS) is 12.2. The van der Waals surface area contributed by atoms with Crippen LogP contribution in [-0.2, 0) is 9.53 Å². The molecule has 4 nitrogen and oxygen atoms in total. The van der Waals surface area contributed by atoms with E-state index in [1.807, 2.05) is 6.92 Å². The number of hydrogen-bond acceptors (Lipinski definition) is 4. The molecule has 1 heterocycles. The maximum absolute atomic E-state index is 11.7. The van der Waals surface area contributed by atoms with Crippen molar-refractivity contribution in [2.75, 3.05) is 13.7 Å². The summed E-state index contributed by atoms with van der Waals surface area (Å²) in [6.45, 7) is 2.31. The first-order valence-corrected chi connectivity index (χ1v) is 6.79. The number of Topliss-reactive ketones (excluding diaryl/α,β-unsaturated/α-hetero) is 1. The van der Waals surface area contributed by atoms with Gasteiger partial charge in [-0.2, -0.15) is 0 Å². The molecule has 0 aliphatic heterocycles. The number of halogens is 1. The Morgan fingerprint density at radius 1 is 1.44 bits per heavy atom. The second-order valence-corrected chi connectivity index (χ2v) is 5.67. The molecule has 1 aromatic heterocycles. The molecule has 1 N–H and O–H groups in total. The monoisotopic (exact) mass is 289 g/mol. The second kappa shape index (κ2) is 7.51. The minimum absolute atomic E-state index is 0.0474. The number of carbonyl (C=O) groups is 2. The third-order valence-electron chi connectivity index (χ3n) is 2.25. The van der Waals surface area contributed by atoms with Gasteiger partial charge in [-0.1, -0.05) is 11.6 Å². The standard InChI is InChI=1S/C12H16ClNO3S/c1-8(7-17-2)14-12(16)6-3-9(15)10-4-5-11(13)18-10/h4-5,8H,3,6-7H2,1-2H3,(H,14,16). The molecular formula is C12H16ClNO3S. The third-order valence-corrected chi connectivity index (χ3v) is 3.52. The van der Waals surface area contributed by atoms with Crippen LogP contribution < -0.4 is 5.32 Å². The molecule has 1 amide bonds. The molecule has 0 radical (unpaired) electrons. The molecule has 0 aromatic carbocycles. The van der Waals surface area contributed by atoms with E-state index in [-0.39, 0.29) is 30.6 Å². The Kier molecular flexibility index (Phi) is 6.32. The number of ether oxygens (including phenoxy) is 1. The van der Waals surface area contributed by atoms with Crippen molar-refractivity contribution < 1.29 is 14.3 Å². The lowest BCUT2D eigenvalue weighted by Crippen LogP contribution is -2.35. The van der Waals surface area contributed by atoms with Crippen LogP contribution in [0.25, 0.3) is 0 Å². The Morgan fingerprint density at radius 3 is 2.72 bits per heavy atom. The number of carbonyl (C=O) groups excluding carboxylic acids is 2. The summed E-state index contributed by atoms with van der Waals surface area (Å²) in [5.74, 6) is -0.197. The first-order chi connectivity index (χ1) is 8.52. The molecule has 0 bridgehead atoms. The molecule has 1 aromatic rings. The summed E-state index contributed by atoms with van der Waals surface area (Å²) in [6, 6.07) is 3.31. The van der Waals surface area contributed by atoms with Crippen molar-refractivity contribution in [2.45, 2.75) is 25.8 Å². The number of methoxy groups -OCH3 is 1. The minimum Gasteiger partial charge on any atom is -0.383 e. The van der Waals surface area contributed by atoms with Crippen LogP contribution in [0.3, 0.4) is 0 Å². The van der Waals surface area contributed by atoms with E-state index in [0.717, 1.165) is 0 Å². The SMILES string of the molecule is COCC(C)NC(=O)CCC(=O)c1ccc(Cl)s1. The topological polar surface area (TPSA) is 55.4 Å². The number of hydrogen-bond donors (Lipinski definition) is 1. The number of ketones is 1. The highest BCUT2D eigenvalue weighted by molar-refractivity contribution is 7.18. The van der Waals surface area contributed by atoms with Crippen LogP contribution in [0.5, 0.6) is 0 Å². The van der Waals surface area contributed by atoms with Gasteiger partial charge in [-0.3, -0.25) is 9.59 Å². The van der Waals surface area contributed by atoms with Crippen molar-refractivity contribution in [2.24, 2.45) is 0 Å². The molecule has 0 aliphatic carbocycles. The summed E-state index contributed by atoms with van der Waals surface area (Å²) in [6.07, 6.45) is 0.380. The fourth-order valence-electron chi connectivity index (χ4n) is 1.45. The summed E-state index contributed by atoms with van der Waals surface area (Å²) >= 11 is 6.98. The zero-order valence-electron chi connectivity index (χ0n) is 10.4. The predicted octanol–water partition coefficient (Wildman–Crippen LogP) is 2.52. The molecule has 1 rings (SSSR count). The van der Waals surface area contributed by atoms with Gasteiger partial charge in [0.1, 0.15) is 0 Å². The maximum atomic E-state index is 11.7. The quantitative estimate of drug-likeness (QED) is 0.785. The largest absolute Gasteiger partial charge is 0.383 e. The highest BCUT2D eigenvalue weighted by atomic mass is 35.5. The van der Waals surface area contributed by atoms with E-state index in [1.54, 1.807) is 19.2 Å². The van der Waals surface area contributed by atoms with Gasteiger partial charge < -0.3 is 10.1 Å². The van der Waals surface area contributed by atoms with Gasteiger partial charge in [0.05, 0.1) is 15.8 Å². The van der Waals surface area contributed by atoms with E-state index in [0.29, 0.717) is 15.8 Å². The first kappa shape index (κ1) is 15.1. The molecule has 1 atom stereocenters. The number of amides is 1. The fraction of sp³-hybridized carbons (Fsp3) is 0.500. The molecule has 18 heavy (non-hydrogen) atoms. The highest BCUT2D eigenvalue weighted by Crippen LogP contribution is 2.22. The third kappa shape index (κ3) is 5.16. The molecule has 0 saturated carbocycles. The lowest BCUT2D eigenvalue weighted by Gasteiger charge is -2.12. The van der Waals surface area contributed by atoms with Gasteiger partial charge in [-0.15, -0.1) is 11.3 Å². The summed E-state index contributed by atoms with van der Waals surface area (Å²) in [5, 5.41) is 2.75. The molecule has 0 aliphatic rings. The second-order valence-electron chi connectivity index (χ2n) is 3.95. The molecule has 0 saturated heterocycles. The van der Waals surface area contributed by atoms with Crippen LogP contribution in [0, 0.1) is 0 Å². The van der Waals surface area contributed by atoms with Gasteiger partial charge in [-0.05, 0) is 19.1 Å². The van der Waals surface area contributed by atoms with Crippen molar-refractivity contribution in [3.8, 4) is 0 Å². The van der Waals surface area contributed by atoms with Gasteiger partial charge >= 0.3 is 0 Å². The Balaban J connectivity index is 2.32. The van der Waals surface area contributed by atoms with Crippen LogP contribution in [-0.4, -0.2) is 31.4 Å². The molecule has 6 heteroatoms. The van der Waals surface area contributed by atoms with E-state index in [4.69, 9.17) is 16.3 Å². The molecular weight excluding hydrogens is 274 g/mol. The number of nitrogens with one attached hydrogen (secondary N) is 1. The van der Waals surface area contributed by atoms with Gasteiger partial charge in [0, 0.05) is 26.0 Å². The summed E-state index contributed by atoms with van der Waals surface area (Å²) in [7, 11) is 1.58. The summed E-state index contributed by atoms with van der Waals surface area (Å²) in [4.78, 5) is 23.8. The van der Waals surface area contributed by atoms with Crippen LogP contribution in [0.4, 0.5) is 0 Å². The van der Waals surface area contributed by atoms with Crippen LogP contribution >= 0.6 is 22.9 Å². The van der Waals surface area contributed by atoms with Crippen molar-refractivity contribution >= 4 is 34.6 Å². The maximum Gasteiger partial charge on any atom is 0.220 e. The summed E-state index contributed by atoms with van der Waals surface area (Å²) in [5.41, 5.74) is 0. The van der Waals surface area contributed by atoms with Gasteiger partial charge in [0.15, 0.2) is 5.78 Å².